The van der Waals surface area contributed by atoms with Crippen LogP contribution in [0.3, 0.4) is 0 Å². The number of hydrogen-bond donors (Lipinski definition) is 3. The number of aliphatic hydroxyl groups is 2. The van der Waals surface area contributed by atoms with Crippen LogP contribution < -0.4 is 5.32 Å². The van der Waals surface area contributed by atoms with Crippen molar-refractivity contribution in [3.63, 3.8) is 0 Å². The van der Waals surface area contributed by atoms with Crippen molar-refractivity contribution < 1.29 is 15.0 Å². The molecule has 0 fully saturated rings. The van der Waals surface area contributed by atoms with E-state index < -0.39 is 12.1 Å². The number of nitrogens with one attached hydrogen (secondary N) is 1. The van der Waals surface area contributed by atoms with Crippen molar-refractivity contribution in [2.75, 3.05) is 6.61 Å². The van der Waals surface area contributed by atoms with Crippen LogP contribution in [0.15, 0.2) is 134 Å². The van der Waals surface area contributed by atoms with E-state index in [1.54, 1.807) is 6.08 Å². The third kappa shape index (κ3) is 41.5. The predicted octanol–water partition coefficient (Wildman–Crippen LogP) is 14.0. The van der Waals surface area contributed by atoms with Crippen molar-refractivity contribution in [1.82, 2.24) is 5.32 Å². The third-order valence-corrected chi connectivity index (χ3v) is 8.85. The zero-order valence-electron chi connectivity index (χ0n) is 35.1. The van der Waals surface area contributed by atoms with Gasteiger partial charge in [-0.25, -0.2) is 0 Å². The van der Waals surface area contributed by atoms with Crippen LogP contribution in [0, 0.1) is 0 Å². The maximum Gasteiger partial charge on any atom is 0.220 e. The average molecular weight is 756 g/mol. The van der Waals surface area contributed by atoms with Crippen molar-refractivity contribution >= 4 is 5.91 Å². The monoisotopic (exact) mass is 756 g/mol. The lowest BCUT2D eigenvalue weighted by Crippen LogP contribution is -2.45. The molecule has 308 valence electrons. The molecular weight excluding hydrogens is 675 g/mol. The van der Waals surface area contributed by atoms with Crippen molar-refractivity contribution in [2.45, 2.75) is 174 Å². The van der Waals surface area contributed by atoms with E-state index in [4.69, 9.17) is 0 Å². The summed E-state index contributed by atoms with van der Waals surface area (Å²) in [5, 5.41) is 22.9. The van der Waals surface area contributed by atoms with Gasteiger partial charge in [-0.1, -0.05) is 180 Å². The van der Waals surface area contributed by atoms with E-state index in [1.165, 1.54) is 44.9 Å². The second-order valence-electron chi connectivity index (χ2n) is 14.0. The van der Waals surface area contributed by atoms with E-state index in [0.29, 0.717) is 6.42 Å². The highest BCUT2D eigenvalue weighted by Gasteiger charge is 2.17. The molecule has 0 aromatic heterocycles. The minimum absolute atomic E-state index is 0.128. The Balaban J connectivity index is 3.83. The molecule has 0 aliphatic carbocycles. The standard InChI is InChI=1S/C51H81NO3/c1-3-5-7-9-11-13-15-17-19-21-22-23-24-25-26-27-28-29-30-31-33-35-37-39-41-43-45-47-51(55)52-49(48-53)50(54)46-44-42-40-38-36-34-32-20-18-16-14-12-10-8-6-4-2/h5,7,11,13,17-20,22-23,25-26,28-29,31,33,36-39,44,46,49-50,53-54H,3-4,6,8-10,12,14-16,21,24,27,30,32,34-35,40-43,45,47-48H2,1-2H3,(H,52,55)/b7-5-,13-11-,19-17-,20-18+,23-22-,26-25-,29-28-,33-31-,38-36+,39-37-,46-44+. The summed E-state index contributed by atoms with van der Waals surface area (Å²) in [5.41, 5.74) is 0. The zero-order valence-corrected chi connectivity index (χ0v) is 35.1. The Kier molecular flexibility index (Phi) is 42.1. The van der Waals surface area contributed by atoms with E-state index >= 15 is 0 Å². The van der Waals surface area contributed by atoms with Gasteiger partial charge in [0.1, 0.15) is 0 Å². The number of aliphatic hydroxyl groups excluding tert-OH is 2. The number of carbonyl (C=O) groups excluding carboxylic acids is 1. The number of hydrogen-bond acceptors (Lipinski definition) is 3. The van der Waals surface area contributed by atoms with E-state index in [9.17, 15) is 15.0 Å². The minimum atomic E-state index is -0.898. The van der Waals surface area contributed by atoms with Crippen LogP contribution in [0.25, 0.3) is 0 Å². The number of amides is 1. The molecule has 1 amide bonds. The quantitative estimate of drug-likeness (QED) is 0.0437. The van der Waals surface area contributed by atoms with Crippen LogP contribution in [0.2, 0.25) is 0 Å². The Morgan fingerprint density at radius 1 is 0.455 bits per heavy atom. The van der Waals surface area contributed by atoms with E-state index in [0.717, 1.165) is 96.3 Å². The number of allylic oxidation sites excluding steroid dienone is 21. The number of rotatable bonds is 37. The fraction of sp³-hybridized carbons (Fsp3) is 0.549. The largest absolute Gasteiger partial charge is 0.394 e. The van der Waals surface area contributed by atoms with E-state index in [1.807, 2.05) is 6.08 Å². The molecule has 0 heterocycles. The normalized spacial score (nSPS) is 14.3. The Morgan fingerprint density at radius 2 is 0.818 bits per heavy atom. The van der Waals surface area contributed by atoms with Gasteiger partial charge in [0.2, 0.25) is 5.91 Å². The SMILES string of the molecule is CC/C=C\C/C=C\C/C=C\C/C=C\C/C=C\C/C=C\C/C=C\C/C=C\CCCCC(=O)NC(CO)C(O)/C=C/CC/C=C/CC/C=C/CCCCCCCC. The first kappa shape index (κ1) is 51.5. The van der Waals surface area contributed by atoms with Gasteiger partial charge in [-0.2, -0.15) is 0 Å². The number of carbonyl (C=O) groups is 1. The average Bonchev–Trinajstić information content (AvgIpc) is 3.19. The highest BCUT2D eigenvalue weighted by atomic mass is 16.3. The van der Waals surface area contributed by atoms with E-state index in [-0.39, 0.29) is 12.5 Å². The van der Waals surface area contributed by atoms with Crippen LogP contribution >= 0.6 is 0 Å². The molecule has 4 heteroatoms. The highest BCUT2D eigenvalue weighted by Crippen LogP contribution is 2.08. The van der Waals surface area contributed by atoms with Gasteiger partial charge in [0, 0.05) is 6.42 Å². The molecule has 4 nitrogen and oxygen atoms in total. The molecule has 0 radical (unpaired) electrons. The van der Waals surface area contributed by atoms with Gasteiger partial charge < -0.3 is 15.5 Å². The summed E-state index contributed by atoms with van der Waals surface area (Å²) in [5.74, 6) is -0.128. The van der Waals surface area contributed by atoms with E-state index in [2.05, 4.69) is 141 Å². The molecule has 0 spiro atoms. The van der Waals surface area contributed by atoms with Gasteiger partial charge in [0.25, 0.3) is 0 Å². The lowest BCUT2D eigenvalue weighted by molar-refractivity contribution is -0.123. The van der Waals surface area contributed by atoms with Gasteiger partial charge in [-0.15, -0.1) is 0 Å². The lowest BCUT2D eigenvalue weighted by atomic mass is 10.1. The summed E-state index contributed by atoms with van der Waals surface area (Å²) >= 11 is 0. The summed E-state index contributed by atoms with van der Waals surface area (Å²) in [4.78, 5) is 12.4. The van der Waals surface area contributed by atoms with Gasteiger partial charge >= 0.3 is 0 Å². The fourth-order valence-corrected chi connectivity index (χ4v) is 5.52. The molecule has 0 aromatic rings. The zero-order chi connectivity index (χ0) is 40.0. The third-order valence-electron chi connectivity index (χ3n) is 8.85. The molecule has 2 unspecified atom stereocenters. The van der Waals surface area contributed by atoms with Crippen LogP contribution in [0.4, 0.5) is 0 Å². The minimum Gasteiger partial charge on any atom is -0.394 e. The van der Waals surface area contributed by atoms with Crippen molar-refractivity contribution in [2.24, 2.45) is 0 Å². The smallest absolute Gasteiger partial charge is 0.220 e. The molecule has 2 atom stereocenters. The summed E-state index contributed by atoms with van der Waals surface area (Å²) < 4.78 is 0. The first-order valence-corrected chi connectivity index (χ1v) is 21.9. The first-order valence-electron chi connectivity index (χ1n) is 21.9. The highest BCUT2D eigenvalue weighted by molar-refractivity contribution is 5.76. The Hall–Kier alpha value is -3.47. The molecular formula is C51H81NO3. The molecule has 0 aliphatic rings. The molecule has 0 aromatic carbocycles. The molecule has 0 rings (SSSR count). The van der Waals surface area contributed by atoms with Crippen LogP contribution in [0.1, 0.15) is 162 Å². The van der Waals surface area contributed by atoms with Crippen LogP contribution in [-0.2, 0) is 4.79 Å². The van der Waals surface area contributed by atoms with Crippen molar-refractivity contribution in [3.8, 4) is 0 Å². The Morgan fingerprint density at radius 3 is 1.27 bits per heavy atom. The summed E-state index contributed by atoms with van der Waals surface area (Å²) in [7, 11) is 0. The second kappa shape index (κ2) is 44.9. The number of unbranched alkanes of at least 4 members (excludes halogenated alkanes) is 10. The fourth-order valence-electron chi connectivity index (χ4n) is 5.52. The molecule has 0 saturated carbocycles. The maximum atomic E-state index is 12.4. The summed E-state index contributed by atoms with van der Waals surface area (Å²) in [6.45, 7) is 4.12. The Labute approximate surface area is 339 Å². The Bertz CT molecular complexity index is 1180. The lowest BCUT2D eigenvalue weighted by Gasteiger charge is -2.19. The van der Waals surface area contributed by atoms with Crippen molar-refractivity contribution in [3.05, 3.63) is 134 Å². The predicted molar refractivity (Wildman–Crippen MR) is 243 cm³/mol. The first-order chi connectivity index (χ1) is 27.2. The maximum absolute atomic E-state index is 12.4. The van der Waals surface area contributed by atoms with Crippen LogP contribution in [0.5, 0.6) is 0 Å². The molecule has 55 heavy (non-hydrogen) atoms. The molecule has 3 N–H and O–H groups in total. The van der Waals surface area contributed by atoms with Crippen molar-refractivity contribution in [1.29, 1.82) is 0 Å². The second-order valence-corrected chi connectivity index (χ2v) is 14.0. The van der Waals surface area contributed by atoms with Gasteiger partial charge in [0.15, 0.2) is 0 Å². The van der Waals surface area contributed by atoms with Gasteiger partial charge in [-0.05, 0) is 109 Å². The van der Waals surface area contributed by atoms with Gasteiger partial charge in [-0.3, -0.25) is 4.79 Å². The molecule has 0 bridgehead atoms. The molecule has 0 aliphatic heterocycles. The van der Waals surface area contributed by atoms with Gasteiger partial charge in [0.05, 0.1) is 18.8 Å². The topological polar surface area (TPSA) is 69.6 Å². The van der Waals surface area contributed by atoms with Crippen LogP contribution in [-0.4, -0.2) is 34.9 Å². The summed E-state index contributed by atoms with van der Waals surface area (Å²) in [6.07, 6.45) is 71.2. The molecule has 0 saturated heterocycles. The summed E-state index contributed by atoms with van der Waals surface area (Å²) in [6, 6.07) is -0.679.